The smallest absolute Gasteiger partial charge is 0.283 e. The van der Waals surface area contributed by atoms with Crippen LogP contribution in [0, 0.1) is 10.1 Å². The third kappa shape index (κ3) is 4.16. The summed E-state index contributed by atoms with van der Waals surface area (Å²) in [6.07, 6.45) is 0. The van der Waals surface area contributed by atoms with Crippen molar-refractivity contribution in [3.8, 4) is 0 Å². The molecular weight excluding hydrogens is 351 g/mol. The van der Waals surface area contributed by atoms with E-state index in [4.69, 9.17) is 16.3 Å². The van der Waals surface area contributed by atoms with Gasteiger partial charge in [0, 0.05) is 31.6 Å². The summed E-state index contributed by atoms with van der Waals surface area (Å²) in [6, 6.07) is 4.17. The van der Waals surface area contributed by atoms with Crippen LogP contribution in [-0.4, -0.2) is 47.9 Å². The molecule has 0 radical (unpaired) electrons. The molecule has 0 atom stereocenters. The molecule has 0 aliphatic heterocycles. The number of nitro benzene ring substituents is 1. The molecule has 0 aromatic heterocycles. The number of amides is 1. The Hall–Kier alpha value is -1.18. The summed E-state index contributed by atoms with van der Waals surface area (Å²) in [6.45, 7) is 1.09. The van der Waals surface area contributed by atoms with E-state index in [1.165, 1.54) is 30.2 Å². The van der Waals surface area contributed by atoms with Crippen LogP contribution in [0.5, 0.6) is 0 Å². The van der Waals surface area contributed by atoms with Gasteiger partial charge in [0.05, 0.1) is 16.6 Å². The van der Waals surface area contributed by atoms with E-state index in [2.05, 4.69) is 15.9 Å². The van der Waals surface area contributed by atoms with Gasteiger partial charge in [-0.25, -0.2) is 0 Å². The molecule has 0 heterocycles. The SMILES string of the molecule is COCCN(CCBr)C(=O)c1c(Cl)cccc1[N+](=O)[O-]. The number of nitro groups is 1. The van der Waals surface area contributed by atoms with Crippen molar-refractivity contribution in [2.45, 2.75) is 0 Å². The van der Waals surface area contributed by atoms with Gasteiger partial charge in [-0.05, 0) is 6.07 Å². The van der Waals surface area contributed by atoms with E-state index in [0.29, 0.717) is 25.0 Å². The quantitative estimate of drug-likeness (QED) is 0.423. The number of rotatable bonds is 7. The highest BCUT2D eigenvalue weighted by molar-refractivity contribution is 9.09. The van der Waals surface area contributed by atoms with Crippen LogP contribution in [0.1, 0.15) is 10.4 Å². The maximum absolute atomic E-state index is 12.4. The van der Waals surface area contributed by atoms with Crippen LogP contribution in [-0.2, 0) is 4.74 Å². The lowest BCUT2D eigenvalue weighted by atomic mass is 10.1. The van der Waals surface area contributed by atoms with E-state index in [1.807, 2.05) is 0 Å². The largest absolute Gasteiger partial charge is 0.383 e. The van der Waals surface area contributed by atoms with Crippen molar-refractivity contribution in [1.82, 2.24) is 4.90 Å². The van der Waals surface area contributed by atoms with Gasteiger partial charge in [0.25, 0.3) is 11.6 Å². The van der Waals surface area contributed by atoms with Crippen LogP contribution in [0.4, 0.5) is 5.69 Å². The van der Waals surface area contributed by atoms with E-state index < -0.39 is 10.8 Å². The second kappa shape index (κ2) is 8.18. The summed E-state index contributed by atoms with van der Waals surface area (Å²) in [5, 5.41) is 11.6. The van der Waals surface area contributed by atoms with Crippen LogP contribution >= 0.6 is 27.5 Å². The first-order valence-electron chi connectivity index (χ1n) is 5.80. The van der Waals surface area contributed by atoms with Crippen molar-refractivity contribution in [2.75, 3.05) is 32.1 Å². The maximum Gasteiger partial charge on any atom is 0.283 e. The first-order chi connectivity index (χ1) is 9.52. The highest BCUT2D eigenvalue weighted by atomic mass is 79.9. The zero-order valence-corrected chi connectivity index (χ0v) is 13.2. The normalized spacial score (nSPS) is 10.3. The van der Waals surface area contributed by atoms with Gasteiger partial charge in [0.2, 0.25) is 0 Å². The molecule has 0 fully saturated rings. The van der Waals surface area contributed by atoms with E-state index in [-0.39, 0.29) is 16.3 Å². The van der Waals surface area contributed by atoms with Crippen LogP contribution in [0.25, 0.3) is 0 Å². The predicted molar refractivity (Wildman–Crippen MR) is 79.7 cm³/mol. The number of carbonyl (C=O) groups is 1. The highest BCUT2D eigenvalue weighted by Crippen LogP contribution is 2.27. The average molecular weight is 366 g/mol. The molecule has 8 heteroatoms. The lowest BCUT2D eigenvalue weighted by Crippen LogP contribution is -2.36. The minimum Gasteiger partial charge on any atom is -0.383 e. The topological polar surface area (TPSA) is 72.7 Å². The average Bonchev–Trinajstić information content (AvgIpc) is 2.42. The summed E-state index contributed by atoms with van der Waals surface area (Å²) >= 11 is 9.20. The van der Waals surface area contributed by atoms with Crippen molar-refractivity contribution in [3.05, 3.63) is 38.9 Å². The number of nitrogens with zero attached hydrogens (tertiary/aromatic N) is 2. The lowest BCUT2D eigenvalue weighted by Gasteiger charge is -2.21. The van der Waals surface area contributed by atoms with Gasteiger partial charge >= 0.3 is 0 Å². The monoisotopic (exact) mass is 364 g/mol. The zero-order valence-electron chi connectivity index (χ0n) is 10.8. The molecule has 0 unspecified atom stereocenters. The number of ether oxygens (including phenoxy) is 1. The van der Waals surface area contributed by atoms with Crippen molar-refractivity contribution in [3.63, 3.8) is 0 Å². The molecule has 110 valence electrons. The zero-order chi connectivity index (χ0) is 15.1. The number of methoxy groups -OCH3 is 1. The van der Waals surface area contributed by atoms with Gasteiger partial charge in [-0.15, -0.1) is 0 Å². The second-order valence-corrected chi connectivity index (χ2v) is 5.07. The number of alkyl halides is 1. The van der Waals surface area contributed by atoms with Gasteiger partial charge in [-0.3, -0.25) is 14.9 Å². The number of benzene rings is 1. The molecule has 1 rings (SSSR count). The number of carbonyl (C=O) groups excluding carboxylic acids is 1. The molecule has 1 amide bonds. The molecule has 6 nitrogen and oxygen atoms in total. The maximum atomic E-state index is 12.4. The van der Waals surface area contributed by atoms with Gasteiger partial charge in [-0.2, -0.15) is 0 Å². The number of hydrogen-bond donors (Lipinski definition) is 0. The molecule has 1 aromatic carbocycles. The van der Waals surface area contributed by atoms with Gasteiger partial charge in [0.15, 0.2) is 0 Å². The van der Waals surface area contributed by atoms with Crippen molar-refractivity contribution in [2.24, 2.45) is 0 Å². The summed E-state index contributed by atoms with van der Waals surface area (Å²) in [7, 11) is 1.52. The molecule has 20 heavy (non-hydrogen) atoms. The lowest BCUT2D eigenvalue weighted by molar-refractivity contribution is -0.385. The molecule has 0 aliphatic carbocycles. The van der Waals surface area contributed by atoms with E-state index in [9.17, 15) is 14.9 Å². The Bertz CT molecular complexity index is 498. The summed E-state index contributed by atoms with van der Waals surface area (Å²) in [5.41, 5.74) is -0.379. The fourth-order valence-electron chi connectivity index (χ4n) is 1.65. The van der Waals surface area contributed by atoms with Crippen LogP contribution in [0.3, 0.4) is 0 Å². The first-order valence-corrected chi connectivity index (χ1v) is 7.30. The summed E-state index contributed by atoms with van der Waals surface area (Å²) < 4.78 is 4.94. The van der Waals surface area contributed by atoms with Crippen LogP contribution in [0.15, 0.2) is 18.2 Å². The molecule has 0 N–H and O–H groups in total. The third-order valence-corrected chi connectivity index (χ3v) is 3.28. The number of hydrogen-bond acceptors (Lipinski definition) is 4. The van der Waals surface area contributed by atoms with Gasteiger partial charge in [0.1, 0.15) is 5.56 Å². The number of halogens is 2. The molecule has 0 bridgehead atoms. The van der Waals surface area contributed by atoms with Crippen molar-refractivity contribution in [1.29, 1.82) is 0 Å². The molecule has 0 saturated heterocycles. The minimum absolute atomic E-state index is 0.0705. The molecule has 0 saturated carbocycles. The van der Waals surface area contributed by atoms with Gasteiger partial charge in [-0.1, -0.05) is 33.6 Å². The Labute approximate surface area is 129 Å². The first kappa shape index (κ1) is 16.9. The minimum atomic E-state index is -0.609. The Morgan fingerprint density at radius 1 is 1.50 bits per heavy atom. The summed E-state index contributed by atoms with van der Waals surface area (Å²) in [5.74, 6) is -0.473. The van der Waals surface area contributed by atoms with Crippen molar-refractivity contribution >= 4 is 39.1 Å². The Balaban J connectivity index is 3.13. The van der Waals surface area contributed by atoms with E-state index >= 15 is 0 Å². The van der Waals surface area contributed by atoms with Gasteiger partial charge < -0.3 is 9.64 Å². The van der Waals surface area contributed by atoms with Crippen molar-refractivity contribution < 1.29 is 14.5 Å². The summed E-state index contributed by atoms with van der Waals surface area (Å²) in [4.78, 5) is 24.3. The fraction of sp³-hybridized carbons (Fsp3) is 0.417. The molecular formula is C12H14BrClN2O4. The predicted octanol–water partition coefficient (Wildman–Crippen LogP) is 2.73. The molecule has 0 spiro atoms. The van der Waals surface area contributed by atoms with E-state index in [0.717, 1.165) is 0 Å². The van der Waals surface area contributed by atoms with Crippen LogP contribution in [0.2, 0.25) is 5.02 Å². The Kier molecular flexibility index (Phi) is 6.90. The Morgan fingerprint density at radius 2 is 2.20 bits per heavy atom. The fourth-order valence-corrected chi connectivity index (χ4v) is 2.33. The Morgan fingerprint density at radius 3 is 2.75 bits per heavy atom. The van der Waals surface area contributed by atoms with Crippen LogP contribution < -0.4 is 0 Å². The standard InChI is InChI=1S/C12H14BrClN2O4/c1-20-8-7-15(6-5-13)12(17)11-9(14)3-2-4-10(11)16(18)19/h2-4H,5-8H2,1H3. The second-order valence-electron chi connectivity index (χ2n) is 3.87. The highest BCUT2D eigenvalue weighted by Gasteiger charge is 2.27. The van der Waals surface area contributed by atoms with E-state index in [1.54, 1.807) is 0 Å². The molecule has 1 aromatic rings. The third-order valence-electron chi connectivity index (χ3n) is 2.61. The molecule has 0 aliphatic rings.